The summed E-state index contributed by atoms with van der Waals surface area (Å²) < 4.78 is 36.1. The number of nitrogens with zero attached hydrogens (tertiary/aromatic N) is 2. The largest absolute Gasteiger partial charge is 0.494 e. The Kier molecular flexibility index (Phi) is 5.28. The maximum Gasteiger partial charge on any atom is 0.242 e. The van der Waals surface area contributed by atoms with Crippen LogP contribution in [0.4, 0.5) is 4.39 Å². The summed E-state index contributed by atoms with van der Waals surface area (Å²) in [5, 5.41) is 3.45. The molecule has 22 heavy (non-hydrogen) atoms. The van der Waals surface area contributed by atoms with Crippen molar-refractivity contribution in [2.75, 3.05) is 7.11 Å². The van der Waals surface area contributed by atoms with Crippen LogP contribution < -0.4 is 4.74 Å². The number of rotatable bonds is 6. The zero-order valence-corrected chi connectivity index (χ0v) is 13.8. The van der Waals surface area contributed by atoms with Crippen LogP contribution in [-0.4, -0.2) is 21.5 Å². The summed E-state index contributed by atoms with van der Waals surface area (Å²) in [6.07, 6.45) is 0. The van der Waals surface area contributed by atoms with E-state index in [4.69, 9.17) is 9.26 Å². The highest BCUT2D eigenvalue weighted by Gasteiger charge is 2.22. The summed E-state index contributed by atoms with van der Waals surface area (Å²) in [5.41, 5.74) is 0.632. The second kappa shape index (κ2) is 7.00. The molecule has 2 rings (SSSR count). The van der Waals surface area contributed by atoms with Crippen molar-refractivity contribution in [2.45, 2.75) is 37.7 Å². The molecule has 2 atom stereocenters. The van der Waals surface area contributed by atoms with Crippen LogP contribution in [0.15, 0.2) is 22.7 Å². The number of halogens is 1. The van der Waals surface area contributed by atoms with Crippen LogP contribution in [0.3, 0.4) is 0 Å². The molecule has 0 saturated heterocycles. The van der Waals surface area contributed by atoms with E-state index < -0.39 is 21.9 Å². The molecule has 0 fully saturated rings. The van der Waals surface area contributed by atoms with Gasteiger partial charge in [0.25, 0.3) is 0 Å². The molecule has 0 amide bonds. The van der Waals surface area contributed by atoms with Crippen LogP contribution >= 0.6 is 0 Å². The molecule has 0 unspecified atom stereocenters. The van der Waals surface area contributed by atoms with E-state index in [2.05, 4.69) is 10.1 Å². The van der Waals surface area contributed by atoms with E-state index >= 15 is 0 Å². The Morgan fingerprint density at radius 3 is 2.64 bits per heavy atom. The van der Waals surface area contributed by atoms with Gasteiger partial charge in [-0.2, -0.15) is 4.98 Å². The first-order valence-corrected chi connectivity index (χ1v) is 8.33. The fourth-order valence-electron chi connectivity index (χ4n) is 1.85. The zero-order valence-electron chi connectivity index (χ0n) is 13.0. The maximum atomic E-state index is 13.7. The second-order valence-electron chi connectivity index (χ2n) is 5.28. The molecular formula is C15H19FN2O3S. The SMILES string of the molecule is COc1ccc(C[S@](=O)[C@@H](C)c2nc(C(C)C)no2)cc1F. The van der Waals surface area contributed by atoms with E-state index in [9.17, 15) is 8.60 Å². The van der Waals surface area contributed by atoms with Crippen molar-refractivity contribution in [3.05, 3.63) is 41.3 Å². The van der Waals surface area contributed by atoms with Gasteiger partial charge in [-0.3, -0.25) is 4.21 Å². The van der Waals surface area contributed by atoms with Crippen LogP contribution in [-0.2, 0) is 16.6 Å². The van der Waals surface area contributed by atoms with Crippen molar-refractivity contribution in [3.63, 3.8) is 0 Å². The average molecular weight is 326 g/mol. The van der Waals surface area contributed by atoms with Gasteiger partial charge in [0.05, 0.1) is 7.11 Å². The predicted octanol–water partition coefficient (Wildman–Crippen LogP) is 3.35. The molecular weight excluding hydrogens is 307 g/mol. The van der Waals surface area contributed by atoms with Crippen LogP contribution in [0.25, 0.3) is 0 Å². The molecule has 1 aromatic heterocycles. The summed E-state index contributed by atoms with van der Waals surface area (Å²) in [5.74, 6) is 0.992. The van der Waals surface area contributed by atoms with Gasteiger partial charge in [0, 0.05) is 22.5 Å². The van der Waals surface area contributed by atoms with Gasteiger partial charge in [-0.25, -0.2) is 4.39 Å². The molecule has 1 heterocycles. The average Bonchev–Trinajstić information content (AvgIpc) is 2.96. The van der Waals surface area contributed by atoms with Gasteiger partial charge >= 0.3 is 0 Å². The summed E-state index contributed by atoms with van der Waals surface area (Å²) in [6.45, 7) is 5.67. The lowest BCUT2D eigenvalue weighted by molar-refractivity contribution is 0.371. The van der Waals surface area contributed by atoms with Crippen LogP contribution in [0, 0.1) is 5.82 Å². The molecule has 0 aliphatic heterocycles. The highest BCUT2D eigenvalue weighted by atomic mass is 32.2. The minimum atomic E-state index is -1.29. The van der Waals surface area contributed by atoms with Gasteiger partial charge in [-0.05, 0) is 24.6 Å². The number of hydrogen-bond donors (Lipinski definition) is 0. The third-order valence-corrected chi connectivity index (χ3v) is 4.85. The minimum Gasteiger partial charge on any atom is -0.494 e. The molecule has 0 aliphatic rings. The van der Waals surface area contributed by atoms with E-state index in [1.807, 2.05) is 13.8 Å². The summed E-state index contributed by atoms with van der Waals surface area (Å²) in [4.78, 5) is 4.25. The second-order valence-corrected chi connectivity index (χ2v) is 7.04. The molecule has 0 saturated carbocycles. The smallest absolute Gasteiger partial charge is 0.242 e. The number of benzene rings is 1. The standard InChI is InChI=1S/C15H19FN2O3S/c1-9(2)14-17-15(21-18-14)10(3)22(19)8-11-5-6-13(20-4)12(16)7-11/h5-7,9-10H,8H2,1-4H3/t10-,22-/m0/s1. The lowest BCUT2D eigenvalue weighted by atomic mass is 10.2. The summed E-state index contributed by atoms with van der Waals surface area (Å²) in [6, 6.07) is 4.55. The van der Waals surface area contributed by atoms with Crippen molar-refractivity contribution in [2.24, 2.45) is 0 Å². The quantitative estimate of drug-likeness (QED) is 0.814. The van der Waals surface area contributed by atoms with Crippen molar-refractivity contribution in [1.82, 2.24) is 10.1 Å². The van der Waals surface area contributed by atoms with Crippen LogP contribution in [0.1, 0.15) is 49.2 Å². The molecule has 120 valence electrons. The van der Waals surface area contributed by atoms with Crippen LogP contribution in [0.2, 0.25) is 0 Å². The van der Waals surface area contributed by atoms with E-state index in [0.717, 1.165) is 0 Å². The van der Waals surface area contributed by atoms with Crippen molar-refractivity contribution < 1.29 is 17.9 Å². The number of hydrogen-bond acceptors (Lipinski definition) is 5. The Hall–Kier alpha value is -1.76. The maximum absolute atomic E-state index is 13.7. The van der Waals surface area contributed by atoms with Crippen LogP contribution in [0.5, 0.6) is 5.75 Å². The highest BCUT2D eigenvalue weighted by molar-refractivity contribution is 7.84. The van der Waals surface area contributed by atoms with Crippen molar-refractivity contribution in [1.29, 1.82) is 0 Å². The van der Waals surface area contributed by atoms with E-state index in [-0.39, 0.29) is 17.4 Å². The molecule has 0 spiro atoms. The van der Waals surface area contributed by atoms with E-state index in [1.165, 1.54) is 19.2 Å². The van der Waals surface area contributed by atoms with Gasteiger partial charge < -0.3 is 9.26 Å². The fourth-order valence-corrected chi connectivity index (χ4v) is 2.93. The Morgan fingerprint density at radius 1 is 1.36 bits per heavy atom. The number of ether oxygens (including phenoxy) is 1. The zero-order chi connectivity index (χ0) is 16.3. The van der Waals surface area contributed by atoms with E-state index in [1.54, 1.807) is 13.0 Å². The molecule has 0 radical (unpaired) electrons. The predicted molar refractivity (Wildman–Crippen MR) is 81.6 cm³/mol. The van der Waals surface area contributed by atoms with Gasteiger partial charge in [-0.15, -0.1) is 0 Å². The molecule has 0 N–H and O–H groups in total. The molecule has 5 nitrogen and oxygen atoms in total. The number of aromatic nitrogens is 2. The fraction of sp³-hybridized carbons (Fsp3) is 0.467. The first-order chi connectivity index (χ1) is 10.4. The van der Waals surface area contributed by atoms with Gasteiger partial charge in [0.15, 0.2) is 17.4 Å². The van der Waals surface area contributed by atoms with Gasteiger partial charge in [-0.1, -0.05) is 25.1 Å². The Bertz CT molecular complexity index is 673. The first kappa shape index (κ1) is 16.6. The Labute approximate surface area is 131 Å². The summed E-state index contributed by atoms with van der Waals surface area (Å²) >= 11 is 0. The Balaban J connectivity index is 2.09. The molecule has 2 aromatic rings. The molecule has 1 aromatic carbocycles. The van der Waals surface area contributed by atoms with Gasteiger partial charge in [0.1, 0.15) is 5.25 Å². The normalized spacial score (nSPS) is 14.1. The first-order valence-electron chi connectivity index (χ1n) is 6.95. The molecule has 7 heteroatoms. The minimum absolute atomic E-state index is 0.147. The van der Waals surface area contributed by atoms with Crippen molar-refractivity contribution >= 4 is 10.8 Å². The lowest BCUT2D eigenvalue weighted by Gasteiger charge is -2.08. The molecule has 0 aliphatic carbocycles. The van der Waals surface area contributed by atoms with Crippen molar-refractivity contribution in [3.8, 4) is 5.75 Å². The third kappa shape index (κ3) is 3.71. The van der Waals surface area contributed by atoms with E-state index in [0.29, 0.717) is 17.3 Å². The topological polar surface area (TPSA) is 65.2 Å². The van der Waals surface area contributed by atoms with Gasteiger partial charge in [0.2, 0.25) is 5.89 Å². The highest BCUT2D eigenvalue weighted by Crippen LogP contribution is 2.24. The third-order valence-electron chi connectivity index (χ3n) is 3.24. The number of methoxy groups -OCH3 is 1. The Morgan fingerprint density at radius 2 is 2.09 bits per heavy atom. The monoisotopic (exact) mass is 326 g/mol. The lowest BCUT2D eigenvalue weighted by Crippen LogP contribution is -2.06. The summed E-state index contributed by atoms with van der Waals surface area (Å²) in [7, 11) is 0.116. The molecule has 0 bridgehead atoms.